The average molecular weight is 252 g/mol. The monoisotopic (exact) mass is 252 g/mol. The van der Waals surface area contributed by atoms with Crippen molar-refractivity contribution in [2.24, 2.45) is 11.8 Å². The van der Waals surface area contributed by atoms with Gasteiger partial charge in [-0.1, -0.05) is 34.1 Å². The minimum absolute atomic E-state index is 0.388. The van der Waals surface area contributed by atoms with Crippen LogP contribution in [0.4, 0.5) is 0 Å². The van der Waals surface area contributed by atoms with Gasteiger partial charge in [-0.2, -0.15) is 0 Å². The summed E-state index contributed by atoms with van der Waals surface area (Å²) >= 11 is 0. The molecule has 2 nitrogen and oxygen atoms in total. The molecule has 106 valence electrons. The normalized spacial score (nSPS) is 30.3. The summed E-state index contributed by atoms with van der Waals surface area (Å²) in [6.45, 7) is 13.2. The molecule has 2 heteroatoms. The first kappa shape index (κ1) is 14.3. The molecule has 2 atom stereocenters. The van der Waals surface area contributed by atoms with Crippen molar-refractivity contribution in [3.63, 3.8) is 0 Å². The van der Waals surface area contributed by atoms with Crippen LogP contribution in [-0.4, -0.2) is 36.1 Å². The molecule has 2 aliphatic rings. The largest absolute Gasteiger partial charge is 0.308 e. The van der Waals surface area contributed by atoms with Gasteiger partial charge < -0.3 is 5.32 Å². The molecule has 1 aliphatic heterocycles. The van der Waals surface area contributed by atoms with Crippen LogP contribution in [-0.2, 0) is 0 Å². The first-order valence-electron chi connectivity index (χ1n) is 8.13. The molecule has 0 radical (unpaired) electrons. The number of piperazine rings is 1. The Kier molecular flexibility index (Phi) is 4.71. The van der Waals surface area contributed by atoms with Gasteiger partial charge in [0.15, 0.2) is 0 Å². The van der Waals surface area contributed by atoms with Crippen molar-refractivity contribution in [2.75, 3.05) is 19.6 Å². The van der Waals surface area contributed by atoms with Crippen LogP contribution < -0.4 is 5.32 Å². The van der Waals surface area contributed by atoms with E-state index in [9.17, 15) is 0 Å². The number of hydrogen-bond acceptors (Lipinski definition) is 2. The van der Waals surface area contributed by atoms with Crippen molar-refractivity contribution >= 4 is 0 Å². The Labute approximate surface area is 114 Å². The summed E-state index contributed by atoms with van der Waals surface area (Å²) in [5, 5.41) is 3.88. The van der Waals surface area contributed by atoms with Crippen LogP contribution >= 0.6 is 0 Å². The Hall–Kier alpha value is -0.0800. The van der Waals surface area contributed by atoms with Crippen LogP contribution in [0.3, 0.4) is 0 Å². The fourth-order valence-corrected chi connectivity index (χ4v) is 3.41. The van der Waals surface area contributed by atoms with E-state index in [1.807, 2.05) is 0 Å². The Balaban J connectivity index is 2.02. The zero-order valence-corrected chi connectivity index (χ0v) is 12.8. The SMILES string of the molecule is CCC(C)CN1CC(CC)(CC)NCC1C1CC1. The van der Waals surface area contributed by atoms with Crippen molar-refractivity contribution in [1.82, 2.24) is 10.2 Å². The lowest BCUT2D eigenvalue weighted by molar-refractivity contribution is 0.0506. The highest BCUT2D eigenvalue weighted by molar-refractivity contribution is 5.01. The van der Waals surface area contributed by atoms with Crippen LogP contribution in [0.1, 0.15) is 59.8 Å². The van der Waals surface area contributed by atoms with Crippen molar-refractivity contribution in [2.45, 2.75) is 71.4 Å². The minimum Gasteiger partial charge on any atom is -0.308 e. The van der Waals surface area contributed by atoms with E-state index in [0.717, 1.165) is 17.9 Å². The standard InChI is InChI=1S/C16H32N2/c1-5-13(4)11-18-12-16(6-2,7-3)17-10-15(18)14-8-9-14/h13-15,17H,5-12H2,1-4H3. The van der Waals surface area contributed by atoms with Crippen LogP contribution in [0.5, 0.6) is 0 Å². The molecule has 0 aromatic carbocycles. The molecule has 2 unspecified atom stereocenters. The van der Waals surface area contributed by atoms with E-state index in [2.05, 4.69) is 37.9 Å². The van der Waals surface area contributed by atoms with E-state index in [1.54, 1.807) is 0 Å². The maximum Gasteiger partial charge on any atom is 0.0304 e. The fourth-order valence-electron chi connectivity index (χ4n) is 3.41. The van der Waals surface area contributed by atoms with E-state index < -0.39 is 0 Å². The Morgan fingerprint density at radius 1 is 1.22 bits per heavy atom. The van der Waals surface area contributed by atoms with Gasteiger partial charge >= 0.3 is 0 Å². The maximum atomic E-state index is 3.88. The van der Waals surface area contributed by atoms with E-state index >= 15 is 0 Å². The highest BCUT2D eigenvalue weighted by atomic mass is 15.3. The second-order valence-corrected chi connectivity index (χ2v) is 6.72. The second kappa shape index (κ2) is 5.92. The smallest absolute Gasteiger partial charge is 0.0304 e. The molecule has 1 N–H and O–H groups in total. The highest BCUT2D eigenvalue weighted by Crippen LogP contribution is 2.38. The molecule has 0 aromatic heterocycles. The quantitative estimate of drug-likeness (QED) is 0.780. The molecule has 1 saturated carbocycles. The minimum atomic E-state index is 0.388. The summed E-state index contributed by atoms with van der Waals surface area (Å²) in [7, 11) is 0. The van der Waals surface area contributed by atoms with Crippen LogP contribution in [0.25, 0.3) is 0 Å². The summed E-state index contributed by atoms with van der Waals surface area (Å²) < 4.78 is 0. The summed E-state index contributed by atoms with van der Waals surface area (Å²) in [5.41, 5.74) is 0.388. The Bertz CT molecular complexity index is 256. The zero-order chi connectivity index (χ0) is 13.2. The summed E-state index contributed by atoms with van der Waals surface area (Å²) in [5.74, 6) is 1.84. The van der Waals surface area contributed by atoms with Crippen LogP contribution in [0.15, 0.2) is 0 Å². The molecule has 1 heterocycles. The third kappa shape index (κ3) is 3.08. The lowest BCUT2D eigenvalue weighted by Gasteiger charge is -2.48. The molecule has 1 saturated heterocycles. The first-order chi connectivity index (χ1) is 8.64. The maximum absolute atomic E-state index is 3.88. The molecule has 2 fully saturated rings. The summed E-state index contributed by atoms with van der Waals surface area (Å²) in [6.07, 6.45) is 6.77. The van der Waals surface area contributed by atoms with Gasteiger partial charge in [-0.15, -0.1) is 0 Å². The molecule has 1 aliphatic carbocycles. The molecule has 2 rings (SSSR count). The summed E-state index contributed by atoms with van der Waals surface area (Å²) in [6, 6.07) is 0.824. The van der Waals surface area contributed by atoms with Crippen molar-refractivity contribution in [3.05, 3.63) is 0 Å². The van der Waals surface area contributed by atoms with E-state index in [1.165, 1.54) is 51.7 Å². The zero-order valence-electron chi connectivity index (χ0n) is 12.8. The molecule has 0 bridgehead atoms. The Morgan fingerprint density at radius 3 is 2.39 bits per heavy atom. The predicted molar refractivity (Wildman–Crippen MR) is 78.9 cm³/mol. The van der Waals surface area contributed by atoms with Gasteiger partial charge in [0.1, 0.15) is 0 Å². The van der Waals surface area contributed by atoms with Gasteiger partial charge in [0.05, 0.1) is 0 Å². The molecular weight excluding hydrogens is 220 g/mol. The van der Waals surface area contributed by atoms with Gasteiger partial charge in [-0.25, -0.2) is 0 Å². The van der Waals surface area contributed by atoms with Crippen molar-refractivity contribution in [3.8, 4) is 0 Å². The van der Waals surface area contributed by atoms with Crippen LogP contribution in [0.2, 0.25) is 0 Å². The second-order valence-electron chi connectivity index (χ2n) is 6.72. The van der Waals surface area contributed by atoms with Crippen molar-refractivity contribution < 1.29 is 0 Å². The average Bonchev–Trinajstić information content (AvgIpc) is 3.22. The van der Waals surface area contributed by atoms with Crippen LogP contribution in [0, 0.1) is 11.8 Å². The third-order valence-electron chi connectivity index (χ3n) is 5.42. The topological polar surface area (TPSA) is 15.3 Å². The van der Waals surface area contributed by atoms with Gasteiger partial charge in [-0.05, 0) is 37.5 Å². The molecule has 0 spiro atoms. The summed E-state index contributed by atoms with van der Waals surface area (Å²) in [4.78, 5) is 2.83. The van der Waals surface area contributed by atoms with Gasteiger partial charge in [-0.3, -0.25) is 4.90 Å². The van der Waals surface area contributed by atoms with Gasteiger partial charge in [0.2, 0.25) is 0 Å². The molecule has 0 amide bonds. The number of nitrogens with zero attached hydrogens (tertiary/aromatic N) is 1. The van der Waals surface area contributed by atoms with Gasteiger partial charge in [0, 0.05) is 31.2 Å². The third-order valence-corrected chi connectivity index (χ3v) is 5.42. The first-order valence-corrected chi connectivity index (χ1v) is 8.13. The van der Waals surface area contributed by atoms with Crippen molar-refractivity contribution in [1.29, 1.82) is 0 Å². The molecule has 0 aromatic rings. The van der Waals surface area contributed by atoms with E-state index in [4.69, 9.17) is 0 Å². The number of hydrogen-bond donors (Lipinski definition) is 1. The van der Waals surface area contributed by atoms with Gasteiger partial charge in [0.25, 0.3) is 0 Å². The molecular formula is C16H32N2. The number of nitrogens with one attached hydrogen (secondary N) is 1. The lowest BCUT2D eigenvalue weighted by Crippen LogP contribution is -2.64. The number of rotatable bonds is 6. The van der Waals surface area contributed by atoms with E-state index in [0.29, 0.717) is 5.54 Å². The molecule has 18 heavy (non-hydrogen) atoms. The highest BCUT2D eigenvalue weighted by Gasteiger charge is 2.43. The van der Waals surface area contributed by atoms with E-state index in [-0.39, 0.29) is 0 Å². The lowest BCUT2D eigenvalue weighted by atomic mass is 9.87. The fraction of sp³-hybridized carbons (Fsp3) is 1.00. The predicted octanol–water partition coefficient (Wildman–Crippen LogP) is 3.28. The Morgan fingerprint density at radius 2 is 1.89 bits per heavy atom.